The van der Waals surface area contributed by atoms with Gasteiger partial charge in [0, 0.05) is 6.04 Å². The first-order valence-electron chi connectivity index (χ1n) is 7.57. The molecule has 0 saturated heterocycles. The minimum absolute atomic E-state index is 0.00532. The molecule has 4 heteroatoms. The first-order valence-corrected chi connectivity index (χ1v) is 7.57. The molecule has 0 bridgehead atoms. The zero-order valence-electron chi connectivity index (χ0n) is 12.0. The van der Waals surface area contributed by atoms with E-state index >= 15 is 0 Å². The zero-order valence-corrected chi connectivity index (χ0v) is 12.0. The predicted octanol–water partition coefficient (Wildman–Crippen LogP) is 3.75. The van der Waals surface area contributed by atoms with Gasteiger partial charge in [0.1, 0.15) is 6.17 Å². The molecule has 1 heterocycles. The van der Waals surface area contributed by atoms with Gasteiger partial charge in [0.05, 0.1) is 6.21 Å². The van der Waals surface area contributed by atoms with Gasteiger partial charge in [-0.15, -0.1) is 0 Å². The van der Waals surface area contributed by atoms with Crippen LogP contribution in [-0.4, -0.2) is 33.5 Å². The number of aliphatic hydroxyl groups is 2. The van der Waals surface area contributed by atoms with Gasteiger partial charge in [-0.3, -0.25) is 4.99 Å². The Balaban J connectivity index is 2.09. The van der Waals surface area contributed by atoms with Crippen molar-refractivity contribution in [2.24, 2.45) is 10.9 Å². The molecular formula is C15H26N2O2. The van der Waals surface area contributed by atoms with Gasteiger partial charge in [-0.1, -0.05) is 20.3 Å². The van der Waals surface area contributed by atoms with Crippen molar-refractivity contribution in [3.63, 3.8) is 0 Å². The van der Waals surface area contributed by atoms with Crippen LogP contribution in [0.4, 0.5) is 0 Å². The van der Waals surface area contributed by atoms with Crippen molar-refractivity contribution < 1.29 is 10.2 Å². The van der Waals surface area contributed by atoms with E-state index in [1.54, 1.807) is 0 Å². The molecule has 2 N–H and O–H groups in total. The third-order valence-electron chi connectivity index (χ3n) is 4.36. The Morgan fingerprint density at radius 2 is 1.95 bits per heavy atom. The molecule has 0 radical (unpaired) electrons. The monoisotopic (exact) mass is 266 g/mol. The van der Waals surface area contributed by atoms with Crippen LogP contribution in [0.1, 0.15) is 58.8 Å². The second-order valence-corrected chi connectivity index (χ2v) is 5.93. The molecule has 108 valence electrons. The number of hydrogen-bond donors (Lipinski definition) is 2. The fourth-order valence-corrected chi connectivity index (χ4v) is 3.10. The smallest absolute Gasteiger partial charge is 0.234 e. The van der Waals surface area contributed by atoms with Gasteiger partial charge < -0.3 is 15.1 Å². The topological polar surface area (TPSA) is 56.1 Å². The third kappa shape index (κ3) is 3.23. The summed E-state index contributed by atoms with van der Waals surface area (Å²) >= 11 is 0. The summed E-state index contributed by atoms with van der Waals surface area (Å²) in [5.41, 5.74) is 0. The molecular weight excluding hydrogens is 240 g/mol. The van der Waals surface area contributed by atoms with Crippen molar-refractivity contribution in [3.05, 3.63) is 11.6 Å². The molecule has 0 aromatic heterocycles. The third-order valence-corrected chi connectivity index (χ3v) is 4.36. The first kappa shape index (κ1) is 14.2. The highest BCUT2D eigenvalue weighted by Crippen LogP contribution is 2.32. The molecule has 1 aliphatic carbocycles. The summed E-state index contributed by atoms with van der Waals surface area (Å²) in [7, 11) is 0. The van der Waals surface area contributed by atoms with E-state index in [0.29, 0.717) is 6.04 Å². The molecule has 2 rings (SSSR count). The highest BCUT2D eigenvalue weighted by Gasteiger charge is 2.33. The number of nitrogens with zero attached hydrogens (tertiary/aromatic N) is 2. The van der Waals surface area contributed by atoms with E-state index in [1.165, 1.54) is 19.1 Å². The van der Waals surface area contributed by atoms with Crippen molar-refractivity contribution in [3.8, 4) is 0 Å². The second kappa shape index (κ2) is 6.31. The number of unbranched alkanes of at least 4 members (excludes halogenated alkanes) is 1. The Labute approximate surface area is 115 Å². The number of allylic oxidation sites excluding steroid dienone is 1. The maximum absolute atomic E-state index is 10.2. The van der Waals surface area contributed by atoms with Gasteiger partial charge in [-0.25, -0.2) is 0 Å². The fraction of sp³-hybridized carbons (Fsp3) is 0.800. The molecule has 1 atom stereocenters. The van der Waals surface area contributed by atoms with Gasteiger partial charge in [-0.05, 0) is 44.4 Å². The highest BCUT2D eigenvalue weighted by atomic mass is 16.3. The maximum Gasteiger partial charge on any atom is 0.234 e. The van der Waals surface area contributed by atoms with E-state index in [0.717, 1.165) is 38.0 Å². The molecule has 0 aromatic rings. The molecule has 1 saturated carbocycles. The molecule has 1 aliphatic heterocycles. The number of aliphatic hydroxyl groups excluding tert-OH is 2. The van der Waals surface area contributed by atoms with E-state index in [-0.39, 0.29) is 17.8 Å². The van der Waals surface area contributed by atoms with Crippen LogP contribution >= 0.6 is 0 Å². The van der Waals surface area contributed by atoms with Gasteiger partial charge in [0.15, 0.2) is 5.76 Å². The molecule has 1 fully saturated rings. The van der Waals surface area contributed by atoms with E-state index in [1.807, 2.05) is 4.90 Å². The van der Waals surface area contributed by atoms with Crippen molar-refractivity contribution in [1.82, 2.24) is 4.90 Å². The summed E-state index contributed by atoms with van der Waals surface area (Å²) in [6, 6.07) is 0.317. The Kier molecular flexibility index (Phi) is 4.72. The first-order chi connectivity index (χ1) is 9.13. The summed E-state index contributed by atoms with van der Waals surface area (Å²) in [5.74, 6) is 0.709. The molecule has 0 spiro atoms. The van der Waals surface area contributed by atoms with Crippen LogP contribution < -0.4 is 0 Å². The van der Waals surface area contributed by atoms with Crippen molar-refractivity contribution in [1.29, 1.82) is 0 Å². The van der Waals surface area contributed by atoms with E-state index < -0.39 is 0 Å². The summed E-state index contributed by atoms with van der Waals surface area (Å²) in [4.78, 5) is 6.36. The second-order valence-electron chi connectivity index (χ2n) is 5.93. The van der Waals surface area contributed by atoms with Gasteiger partial charge in [0.25, 0.3) is 0 Å². The highest BCUT2D eigenvalue weighted by molar-refractivity contribution is 5.76. The number of rotatable bonds is 4. The standard InChI is InChI=1S/C15H26N2O2/c1-3-4-5-14-16-10-13(18)15(19)17(14)12-8-6-11(2)7-9-12/h10-12,14,18-19H,3-9H2,1-2H3. The average Bonchev–Trinajstić information content (AvgIpc) is 2.41. The summed E-state index contributed by atoms with van der Waals surface area (Å²) in [6.07, 6.45) is 9.10. The van der Waals surface area contributed by atoms with Gasteiger partial charge in [0.2, 0.25) is 5.88 Å². The lowest BCUT2D eigenvalue weighted by atomic mass is 9.86. The SMILES string of the molecule is CCCCC1N=CC(O)=C(O)N1C1CCC(C)CC1. The van der Waals surface area contributed by atoms with Crippen LogP contribution in [-0.2, 0) is 0 Å². The predicted molar refractivity (Wildman–Crippen MR) is 77.3 cm³/mol. The lowest BCUT2D eigenvalue weighted by molar-refractivity contribution is 0.0590. The molecule has 1 unspecified atom stereocenters. The summed E-state index contributed by atoms with van der Waals surface area (Å²) in [5, 5.41) is 19.9. The van der Waals surface area contributed by atoms with Crippen LogP contribution in [0.3, 0.4) is 0 Å². The van der Waals surface area contributed by atoms with Crippen LogP contribution in [0.5, 0.6) is 0 Å². The minimum atomic E-state index is -0.0913. The van der Waals surface area contributed by atoms with Gasteiger partial charge >= 0.3 is 0 Å². The molecule has 19 heavy (non-hydrogen) atoms. The number of aliphatic imine (C=N–C) groups is 1. The van der Waals surface area contributed by atoms with Crippen LogP contribution in [0.25, 0.3) is 0 Å². The largest absolute Gasteiger partial charge is 0.502 e. The lowest BCUT2D eigenvalue weighted by Gasteiger charge is -2.41. The van der Waals surface area contributed by atoms with E-state index in [9.17, 15) is 10.2 Å². The van der Waals surface area contributed by atoms with Crippen molar-refractivity contribution >= 4 is 6.21 Å². The molecule has 0 amide bonds. The Bertz CT molecular complexity index is 357. The summed E-state index contributed by atoms with van der Waals surface area (Å²) in [6.45, 7) is 4.44. The number of hydrogen-bond acceptors (Lipinski definition) is 4. The molecule has 0 aromatic carbocycles. The van der Waals surface area contributed by atoms with E-state index in [2.05, 4.69) is 18.8 Å². The van der Waals surface area contributed by atoms with Crippen LogP contribution in [0, 0.1) is 5.92 Å². The zero-order chi connectivity index (χ0) is 13.8. The van der Waals surface area contributed by atoms with Crippen LogP contribution in [0.2, 0.25) is 0 Å². The Morgan fingerprint density at radius 3 is 2.58 bits per heavy atom. The maximum atomic E-state index is 10.2. The van der Waals surface area contributed by atoms with Crippen molar-refractivity contribution in [2.75, 3.05) is 0 Å². The molecule has 2 aliphatic rings. The normalized spacial score (nSPS) is 31.9. The average molecular weight is 266 g/mol. The quantitative estimate of drug-likeness (QED) is 0.814. The molecule has 4 nitrogen and oxygen atoms in total. The van der Waals surface area contributed by atoms with Crippen molar-refractivity contribution in [2.45, 2.75) is 71.0 Å². The minimum Gasteiger partial charge on any atom is -0.502 e. The van der Waals surface area contributed by atoms with E-state index in [4.69, 9.17) is 0 Å². The lowest BCUT2D eigenvalue weighted by Crippen LogP contribution is -2.45. The Morgan fingerprint density at radius 1 is 1.26 bits per heavy atom. The summed E-state index contributed by atoms with van der Waals surface area (Å²) < 4.78 is 0. The van der Waals surface area contributed by atoms with Crippen LogP contribution in [0.15, 0.2) is 16.6 Å². The Hall–Kier alpha value is -1.19. The fourth-order valence-electron chi connectivity index (χ4n) is 3.10. The van der Waals surface area contributed by atoms with Gasteiger partial charge in [-0.2, -0.15) is 0 Å².